The minimum Gasteiger partial charge on any atom is -0.449 e. The molecule has 0 saturated carbocycles. The summed E-state index contributed by atoms with van der Waals surface area (Å²) in [6, 6.07) is 23.9. The molecule has 0 amide bonds. The van der Waals surface area contributed by atoms with Crippen molar-refractivity contribution >= 4 is 65.5 Å². The Hall–Kier alpha value is -2.25. The number of hydrogen-bond acceptors (Lipinski definition) is 6. The average Bonchev–Trinajstić information content (AvgIpc) is 2.97. The van der Waals surface area contributed by atoms with Gasteiger partial charge in [-0.2, -0.15) is 0 Å². The maximum Gasteiger partial charge on any atom is 0.491 e. The summed E-state index contributed by atoms with van der Waals surface area (Å²) in [4.78, 5) is 0. The molecule has 0 radical (unpaired) electrons. The molecule has 0 fully saturated rings. The van der Waals surface area contributed by atoms with Gasteiger partial charge < -0.3 is 30.7 Å². The van der Waals surface area contributed by atoms with E-state index in [0.29, 0.717) is 30.0 Å². The number of benzene rings is 4. The lowest BCUT2D eigenvalue weighted by molar-refractivity contribution is 0.423. The number of rotatable bonds is 10. The lowest BCUT2D eigenvalue weighted by Gasteiger charge is -2.07. The van der Waals surface area contributed by atoms with Gasteiger partial charge in [0.25, 0.3) is 13.8 Å². The summed E-state index contributed by atoms with van der Waals surface area (Å²) in [5.74, 6) is -0.959. The normalized spacial score (nSPS) is 10.2. The molecular weight excluding hydrogens is 674 g/mol. The van der Waals surface area contributed by atoms with Crippen LogP contribution >= 0.6 is 39.1 Å². The monoisotopic (exact) mass is 706 g/mol. The Balaban J connectivity index is 0.000000244. The van der Waals surface area contributed by atoms with Crippen LogP contribution in [0, 0.1) is 11.6 Å². The van der Waals surface area contributed by atoms with Crippen LogP contribution in [0.2, 0.25) is 23.7 Å². The maximum absolute atomic E-state index is 13.7. The minimum atomic E-state index is -1.81. The molecule has 6 nitrogen and oxygen atoms in total. The zero-order valence-corrected chi connectivity index (χ0v) is 27.4. The fourth-order valence-electron chi connectivity index (χ4n) is 3.69. The molecule has 4 aromatic rings. The number of nitrogens with one attached hydrogen (secondary N) is 2. The van der Waals surface area contributed by atoms with Crippen molar-refractivity contribution in [1.29, 1.82) is 0 Å². The Bertz CT molecular complexity index is 1420. The lowest BCUT2D eigenvalue weighted by Crippen LogP contribution is -2.32. The molecule has 4 aromatic carbocycles. The van der Waals surface area contributed by atoms with Gasteiger partial charge in [0, 0.05) is 51.5 Å². The summed E-state index contributed by atoms with van der Waals surface area (Å²) in [5.41, 5.74) is 3.39. The van der Waals surface area contributed by atoms with E-state index in [1.54, 1.807) is 19.7 Å². The van der Waals surface area contributed by atoms with Gasteiger partial charge in [-0.15, -0.1) is 0 Å². The van der Waals surface area contributed by atoms with E-state index in [9.17, 15) is 8.78 Å². The predicted molar refractivity (Wildman–Crippen MR) is 183 cm³/mol. The highest BCUT2D eigenvalue weighted by atomic mass is 79.9. The first-order chi connectivity index (χ1) is 20.8. The third-order valence-corrected chi connectivity index (χ3v) is 6.88. The van der Waals surface area contributed by atoms with E-state index in [1.807, 2.05) is 36.4 Å². The van der Waals surface area contributed by atoms with E-state index in [-0.39, 0.29) is 30.1 Å². The van der Waals surface area contributed by atoms with Gasteiger partial charge in [-0.3, -0.25) is 0 Å². The zero-order chi connectivity index (χ0) is 32.6. The first-order valence-corrected chi connectivity index (χ1v) is 15.3. The van der Waals surface area contributed by atoms with Crippen molar-refractivity contribution in [2.45, 2.75) is 26.7 Å². The van der Waals surface area contributed by atoms with Crippen molar-refractivity contribution in [3.05, 3.63) is 122 Å². The van der Waals surface area contributed by atoms with Gasteiger partial charge >= 0.3 is 7.12 Å². The van der Waals surface area contributed by atoms with Gasteiger partial charge in [-0.25, -0.2) is 8.78 Å². The summed E-state index contributed by atoms with van der Waals surface area (Å²) >= 11 is 14.7. The fourth-order valence-corrected chi connectivity index (χ4v) is 4.30. The van der Waals surface area contributed by atoms with E-state index in [1.165, 1.54) is 29.8 Å². The van der Waals surface area contributed by atoms with Crippen LogP contribution in [0.3, 0.4) is 0 Å². The van der Waals surface area contributed by atoms with Crippen molar-refractivity contribution in [3.8, 4) is 11.1 Å². The summed E-state index contributed by atoms with van der Waals surface area (Å²) < 4.78 is 27.5. The summed E-state index contributed by atoms with van der Waals surface area (Å²) in [6.07, 6.45) is 1.18. The van der Waals surface area contributed by atoms with Crippen molar-refractivity contribution in [1.82, 2.24) is 10.6 Å². The molecule has 0 unspecified atom stereocenters. The quantitative estimate of drug-likeness (QED) is 0.126. The maximum atomic E-state index is 13.7. The molecule has 4 rings (SSSR count). The van der Waals surface area contributed by atoms with E-state index < -0.39 is 12.9 Å². The Morgan fingerprint density at radius 1 is 0.659 bits per heavy atom. The molecule has 44 heavy (non-hydrogen) atoms. The number of halogens is 5. The molecule has 232 valence electrons. The second-order valence-corrected chi connectivity index (χ2v) is 11.7. The first-order valence-electron chi connectivity index (χ1n) is 13.7. The Labute approximate surface area is 276 Å². The molecule has 0 aliphatic rings. The van der Waals surface area contributed by atoms with Gasteiger partial charge in [-0.05, 0) is 65.2 Å². The van der Waals surface area contributed by atoms with Crippen molar-refractivity contribution in [2.24, 2.45) is 0 Å². The molecular formula is C30H34B3BrCl2F2N2O4. The Morgan fingerprint density at radius 2 is 1.11 bits per heavy atom. The van der Waals surface area contributed by atoms with Gasteiger partial charge in [-0.1, -0.05) is 89.2 Å². The van der Waals surface area contributed by atoms with Crippen molar-refractivity contribution in [3.63, 3.8) is 0 Å². The molecule has 0 heterocycles. The van der Waals surface area contributed by atoms with Crippen LogP contribution in [-0.4, -0.2) is 53.9 Å². The largest absolute Gasteiger partial charge is 0.491 e. The highest BCUT2D eigenvalue weighted by Gasteiger charge is 2.16. The van der Waals surface area contributed by atoms with Crippen LogP contribution in [0.4, 0.5) is 8.78 Å². The molecule has 0 saturated heterocycles. The van der Waals surface area contributed by atoms with Crippen LogP contribution in [-0.2, 0) is 13.1 Å². The fraction of sp³-hybridized carbons (Fsp3) is 0.200. The van der Waals surface area contributed by atoms with Crippen molar-refractivity contribution in [2.75, 3.05) is 12.9 Å². The summed E-state index contributed by atoms with van der Waals surface area (Å²) in [6.45, 7) is 4.33. The van der Waals surface area contributed by atoms with Crippen LogP contribution in [0.5, 0.6) is 0 Å². The lowest BCUT2D eigenvalue weighted by atomic mass is 9.72. The first kappa shape index (κ1) is 37.9. The Morgan fingerprint density at radius 3 is 1.57 bits per heavy atom. The minimum absolute atomic E-state index is 0.211. The summed E-state index contributed by atoms with van der Waals surface area (Å²) in [7, 11) is -1.81. The Kier molecular flexibility index (Phi) is 17.2. The van der Waals surface area contributed by atoms with Crippen LogP contribution in [0.15, 0.2) is 89.4 Å². The smallest absolute Gasteiger partial charge is 0.449 e. The number of hydrogen-bond donors (Lipinski definition) is 6. The van der Waals surface area contributed by atoms with E-state index >= 15 is 0 Å². The van der Waals surface area contributed by atoms with Crippen molar-refractivity contribution < 1.29 is 28.9 Å². The standard InChI is InChI=1S/C15H16BClFNO.C9H13BBrNO.C6H5BClFO2/c1-16(20)10-19-9-11-2-4-12(5-3-11)14-8-13(17)6-7-15(14)18;1-10(13)7-12-6-8-2-4-9(11)5-3-8;8-4-1-2-6(9)5(3-4)7(10)11/h2-8,19-20H,9-10H2,1H3;2-5,12-13H,6-7H2,1H3;1-3,10-11H. The predicted octanol–water partition coefficient (Wildman–Crippen LogP) is 5.24. The average molecular weight is 708 g/mol. The van der Waals surface area contributed by atoms with Crippen LogP contribution in [0.25, 0.3) is 11.1 Å². The van der Waals surface area contributed by atoms with Crippen LogP contribution < -0.4 is 16.1 Å². The third kappa shape index (κ3) is 14.7. The van der Waals surface area contributed by atoms with Gasteiger partial charge in [0.1, 0.15) is 11.6 Å². The molecule has 0 aromatic heterocycles. The molecule has 0 bridgehead atoms. The molecule has 14 heteroatoms. The third-order valence-electron chi connectivity index (χ3n) is 5.88. The molecule has 0 aliphatic heterocycles. The molecule has 6 N–H and O–H groups in total. The van der Waals surface area contributed by atoms with Crippen LogP contribution in [0.1, 0.15) is 11.1 Å². The highest BCUT2D eigenvalue weighted by molar-refractivity contribution is 9.10. The van der Waals surface area contributed by atoms with E-state index in [4.69, 9.17) is 43.3 Å². The molecule has 0 aliphatic carbocycles. The topological polar surface area (TPSA) is 105 Å². The highest BCUT2D eigenvalue weighted by Crippen LogP contribution is 2.26. The zero-order valence-electron chi connectivity index (χ0n) is 24.3. The van der Waals surface area contributed by atoms with E-state index in [0.717, 1.165) is 28.2 Å². The van der Waals surface area contributed by atoms with Gasteiger partial charge in [0.2, 0.25) is 0 Å². The second kappa shape index (κ2) is 20.0. The summed E-state index contributed by atoms with van der Waals surface area (Å²) in [5, 5.41) is 42.4. The van der Waals surface area contributed by atoms with Gasteiger partial charge in [0.05, 0.1) is 0 Å². The second-order valence-electron chi connectivity index (χ2n) is 9.95. The van der Waals surface area contributed by atoms with Gasteiger partial charge in [0.15, 0.2) is 0 Å². The molecule has 0 atom stereocenters. The SMILES string of the molecule is CB(O)CNCc1ccc(-c2cc(Cl)ccc2F)cc1.CB(O)CNCc1ccc(Br)cc1.OB(O)c1cc(Cl)ccc1F. The van der Waals surface area contributed by atoms with E-state index in [2.05, 4.69) is 38.7 Å². The molecule has 0 spiro atoms.